The van der Waals surface area contributed by atoms with Gasteiger partial charge in [0.05, 0.1) is 30.3 Å². The van der Waals surface area contributed by atoms with Gasteiger partial charge < -0.3 is 33.5 Å². The molecule has 322 valence electrons. The van der Waals surface area contributed by atoms with Gasteiger partial charge in [0.15, 0.2) is 17.7 Å². The molecule has 0 aromatic carbocycles. The lowest BCUT2D eigenvalue weighted by atomic mass is 9.70. The third kappa shape index (κ3) is 9.03. The largest absolute Gasteiger partial charge is 0.455 e. The first-order chi connectivity index (χ1) is 27.1. The summed E-state index contributed by atoms with van der Waals surface area (Å²) in [5.74, 6) is -4.60. The van der Waals surface area contributed by atoms with Crippen molar-refractivity contribution in [3.8, 4) is 11.3 Å². The number of halogens is 1. The number of carbonyl (C=O) groups is 4. The second kappa shape index (κ2) is 17.5. The lowest BCUT2D eigenvalue weighted by molar-refractivity contribution is -0.284. The van der Waals surface area contributed by atoms with Crippen LogP contribution < -0.4 is 0 Å². The fraction of sp³-hybridized carbons (Fsp3) is 0.727. The van der Waals surface area contributed by atoms with Crippen LogP contribution in [0.25, 0.3) is 11.3 Å². The molecule has 0 spiro atoms. The quantitative estimate of drug-likeness (QED) is 0.191. The molecule has 3 fully saturated rings. The van der Waals surface area contributed by atoms with E-state index in [1.807, 2.05) is 50.6 Å². The van der Waals surface area contributed by atoms with Crippen molar-refractivity contribution in [3.63, 3.8) is 0 Å². The minimum absolute atomic E-state index is 0.101. The van der Waals surface area contributed by atoms with Crippen LogP contribution in [0.1, 0.15) is 121 Å². The molecular weight excluding hydrogens is 748 g/mol. The van der Waals surface area contributed by atoms with Gasteiger partial charge >= 0.3 is 12.1 Å². The topological polar surface area (TPSA) is 159 Å². The number of amides is 1. The SMILES string of the molecule is CC[C@H]1OC(=O)[C@@](C)(F)C(=O)[C@H](C)[C@@H](OC2O[C@H](C)C[C@H](C)[C@H]2O)C(C)(C)C[C@@H](C)C(=O)C[C@H]2N(CCCC(C)(C)n3cnc(-c4cccnc4)c3)C(=O)O[C@]12CC. The van der Waals surface area contributed by atoms with Gasteiger partial charge in [0.2, 0.25) is 0 Å². The maximum atomic E-state index is 16.8. The van der Waals surface area contributed by atoms with Gasteiger partial charge in [-0.1, -0.05) is 48.5 Å². The molecule has 11 atom stereocenters. The van der Waals surface area contributed by atoms with Crippen molar-refractivity contribution in [2.75, 3.05) is 6.54 Å². The number of imidazole rings is 1. The predicted molar refractivity (Wildman–Crippen MR) is 214 cm³/mol. The summed E-state index contributed by atoms with van der Waals surface area (Å²) in [5.41, 5.74) is -4.28. The van der Waals surface area contributed by atoms with Crippen LogP contribution in [0.4, 0.5) is 9.18 Å². The highest BCUT2D eigenvalue weighted by atomic mass is 19.1. The number of nitrogens with zero attached hydrogens (tertiary/aromatic N) is 4. The molecule has 3 saturated heterocycles. The number of alkyl halides is 1. The third-order valence-corrected chi connectivity index (χ3v) is 13.1. The van der Waals surface area contributed by atoms with Crippen LogP contribution >= 0.6 is 0 Å². The number of ketones is 2. The smallest absolute Gasteiger partial charge is 0.410 e. The van der Waals surface area contributed by atoms with Gasteiger partial charge in [0, 0.05) is 54.5 Å². The zero-order valence-electron chi connectivity index (χ0n) is 36.2. The average molecular weight is 813 g/mol. The summed E-state index contributed by atoms with van der Waals surface area (Å²) >= 11 is 0. The number of hydrogen-bond donors (Lipinski definition) is 1. The predicted octanol–water partition coefficient (Wildman–Crippen LogP) is 7.23. The summed E-state index contributed by atoms with van der Waals surface area (Å²) in [6.07, 6.45) is 4.11. The van der Waals surface area contributed by atoms with E-state index in [2.05, 4.69) is 23.8 Å². The molecule has 2 aromatic rings. The maximum Gasteiger partial charge on any atom is 0.410 e. The van der Waals surface area contributed by atoms with E-state index >= 15 is 4.39 Å². The molecule has 58 heavy (non-hydrogen) atoms. The number of esters is 1. The number of hydrogen-bond acceptors (Lipinski definition) is 11. The van der Waals surface area contributed by atoms with Crippen molar-refractivity contribution in [3.05, 3.63) is 37.1 Å². The Hall–Kier alpha value is -3.75. The first-order valence-electron chi connectivity index (χ1n) is 21.0. The van der Waals surface area contributed by atoms with Crippen LogP contribution in [-0.2, 0) is 38.9 Å². The summed E-state index contributed by atoms with van der Waals surface area (Å²) in [4.78, 5) is 66.8. The minimum atomic E-state index is -3.11. The molecule has 1 N–H and O–H groups in total. The second-order valence-electron chi connectivity index (χ2n) is 18.5. The van der Waals surface area contributed by atoms with E-state index in [0.29, 0.717) is 19.3 Å². The second-order valence-corrected chi connectivity index (χ2v) is 18.5. The highest BCUT2D eigenvalue weighted by Gasteiger charge is 2.61. The molecule has 0 radical (unpaired) electrons. The van der Waals surface area contributed by atoms with Gasteiger partial charge in [-0.15, -0.1) is 0 Å². The van der Waals surface area contributed by atoms with Gasteiger partial charge in [-0.3, -0.25) is 14.6 Å². The number of ether oxygens (including phenoxy) is 4. The number of rotatable bonds is 10. The highest BCUT2D eigenvalue weighted by Crippen LogP contribution is 2.45. The Balaban J connectivity index is 1.45. The van der Waals surface area contributed by atoms with Crippen molar-refractivity contribution in [2.24, 2.45) is 23.2 Å². The Labute approximate surface area is 342 Å². The fourth-order valence-electron chi connectivity index (χ4n) is 9.53. The molecule has 5 rings (SSSR count). The summed E-state index contributed by atoms with van der Waals surface area (Å²) in [7, 11) is 0. The molecule has 0 bridgehead atoms. The summed E-state index contributed by atoms with van der Waals surface area (Å²) in [5, 5.41) is 11.1. The van der Waals surface area contributed by atoms with E-state index in [-0.39, 0.29) is 50.0 Å². The van der Waals surface area contributed by atoms with Crippen LogP contribution in [0.5, 0.6) is 0 Å². The molecule has 14 heteroatoms. The van der Waals surface area contributed by atoms with Crippen LogP contribution in [0.2, 0.25) is 0 Å². The minimum Gasteiger partial charge on any atom is -0.455 e. The lowest BCUT2D eigenvalue weighted by Crippen LogP contribution is -2.58. The summed E-state index contributed by atoms with van der Waals surface area (Å²) in [6.45, 7) is 19.5. The van der Waals surface area contributed by atoms with Gasteiger partial charge in [-0.2, -0.15) is 0 Å². The van der Waals surface area contributed by atoms with Crippen molar-refractivity contribution in [2.45, 2.75) is 175 Å². The van der Waals surface area contributed by atoms with Crippen LogP contribution in [0, 0.1) is 23.2 Å². The average Bonchev–Trinajstić information content (AvgIpc) is 3.78. The number of carbonyl (C=O) groups excluding carboxylic acids is 4. The highest BCUT2D eigenvalue weighted by molar-refractivity contribution is 6.07. The van der Waals surface area contributed by atoms with Gasteiger partial charge in [-0.25, -0.2) is 19.0 Å². The number of aliphatic hydroxyl groups excluding tert-OH is 1. The first-order valence-corrected chi connectivity index (χ1v) is 21.0. The molecule has 1 amide bonds. The standard InChI is InChI=1S/C44H65FN4O9/c1-12-34-44(13-2)33(49(40(54)58-44)19-15-17-42(9,10)48-24-31(47-25-48)30-16-14-18-46-23-30)21-32(50)27(4)22-41(7,8)37(29(6)36(52)43(11,45)39(53)56-34)57-38-35(51)26(3)20-28(5)55-38/h14,16,18,23-29,33-35,37-38,51H,12-13,15,17,19-22H2,1-11H3/t26-,27+,28+,29-,33+,34+,35+,37+,38?,43-,44-/m0/s1. The number of aliphatic hydroxyl groups is 1. The number of Topliss-reactive ketones (excluding diaryl/α,β-unsaturated/α-hetero) is 2. The van der Waals surface area contributed by atoms with E-state index in [9.17, 15) is 24.3 Å². The lowest BCUT2D eigenvalue weighted by Gasteiger charge is -2.45. The Bertz CT molecular complexity index is 1780. The zero-order valence-corrected chi connectivity index (χ0v) is 36.2. The first kappa shape index (κ1) is 45.3. The molecule has 1 unspecified atom stereocenters. The van der Waals surface area contributed by atoms with Crippen LogP contribution in [0.3, 0.4) is 0 Å². The van der Waals surface area contributed by atoms with Gasteiger partial charge in [-0.05, 0) is 89.7 Å². The summed E-state index contributed by atoms with van der Waals surface area (Å²) in [6, 6.07) is 2.95. The zero-order chi connectivity index (χ0) is 43.0. The van der Waals surface area contributed by atoms with Crippen LogP contribution in [-0.4, -0.2) is 103 Å². The van der Waals surface area contributed by atoms with Crippen molar-refractivity contribution < 1.29 is 47.6 Å². The van der Waals surface area contributed by atoms with Crippen molar-refractivity contribution in [1.82, 2.24) is 19.4 Å². The Kier molecular flexibility index (Phi) is 13.6. The van der Waals surface area contributed by atoms with Crippen LogP contribution in [0.15, 0.2) is 37.1 Å². The number of pyridine rings is 1. The molecule has 5 heterocycles. The maximum absolute atomic E-state index is 16.8. The van der Waals surface area contributed by atoms with E-state index in [1.54, 1.807) is 44.4 Å². The molecule has 0 aliphatic carbocycles. The number of aromatic nitrogens is 3. The Morgan fingerprint density at radius 2 is 1.79 bits per heavy atom. The molecule has 3 aliphatic heterocycles. The Morgan fingerprint density at radius 3 is 2.43 bits per heavy atom. The van der Waals surface area contributed by atoms with Gasteiger partial charge in [0.1, 0.15) is 18.0 Å². The van der Waals surface area contributed by atoms with Crippen molar-refractivity contribution in [1.29, 1.82) is 0 Å². The van der Waals surface area contributed by atoms with E-state index in [4.69, 9.17) is 18.9 Å². The van der Waals surface area contributed by atoms with E-state index in [0.717, 1.165) is 18.2 Å². The molecule has 13 nitrogen and oxygen atoms in total. The number of fused-ring (bicyclic) bond motifs is 1. The monoisotopic (exact) mass is 812 g/mol. The molecule has 2 aromatic heterocycles. The van der Waals surface area contributed by atoms with Gasteiger partial charge in [0.25, 0.3) is 5.67 Å². The van der Waals surface area contributed by atoms with E-state index in [1.165, 1.54) is 6.92 Å². The fourth-order valence-corrected chi connectivity index (χ4v) is 9.53. The summed E-state index contributed by atoms with van der Waals surface area (Å²) < 4.78 is 43.4. The molecular formula is C44H65FN4O9. The van der Waals surface area contributed by atoms with Crippen molar-refractivity contribution >= 4 is 23.6 Å². The Morgan fingerprint density at radius 1 is 1.09 bits per heavy atom. The third-order valence-electron chi connectivity index (χ3n) is 13.1. The molecule has 3 aliphatic rings. The number of cyclic esters (lactones) is 1. The van der Waals surface area contributed by atoms with E-state index < -0.39 is 82.5 Å². The molecule has 0 saturated carbocycles. The normalized spacial score (nSPS) is 35.3.